The number of benzene rings is 1. The Hall–Kier alpha value is -0.900. The molecule has 0 saturated carbocycles. The maximum Gasteiger partial charge on any atom is 0.0619 e. The molecule has 3 rings (SSSR count). The molecular formula is C18H27NO2. The van der Waals surface area contributed by atoms with E-state index in [2.05, 4.69) is 29.6 Å². The lowest BCUT2D eigenvalue weighted by Gasteiger charge is -2.26. The second-order valence-electron chi connectivity index (χ2n) is 6.20. The Morgan fingerprint density at radius 3 is 2.76 bits per heavy atom. The maximum absolute atomic E-state index is 5.91. The minimum Gasteiger partial charge on any atom is -0.381 e. The quantitative estimate of drug-likeness (QED) is 0.817. The lowest BCUT2D eigenvalue weighted by atomic mass is 9.88. The molecule has 0 spiro atoms. The van der Waals surface area contributed by atoms with Gasteiger partial charge in [-0.05, 0) is 56.2 Å². The molecule has 0 amide bonds. The summed E-state index contributed by atoms with van der Waals surface area (Å²) in [5.74, 6) is 0. The van der Waals surface area contributed by atoms with Crippen LogP contribution in [-0.4, -0.2) is 38.5 Å². The van der Waals surface area contributed by atoms with Crippen LogP contribution < -0.4 is 5.32 Å². The second kappa shape index (κ2) is 7.92. The average molecular weight is 289 g/mol. The molecule has 1 heterocycles. The Morgan fingerprint density at radius 2 is 1.90 bits per heavy atom. The first-order valence-corrected chi connectivity index (χ1v) is 8.41. The first-order valence-electron chi connectivity index (χ1n) is 8.41. The summed E-state index contributed by atoms with van der Waals surface area (Å²) in [7, 11) is 0. The predicted octanol–water partition coefficient (Wildman–Crippen LogP) is 2.72. The molecule has 1 saturated heterocycles. The summed E-state index contributed by atoms with van der Waals surface area (Å²) in [6, 6.07) is 9.50. The van der Waals surface area contributed by atoms with Crippen molar-refractivity contribution < 1.29 is 9.47 Å². The van der Waals surface area contributed by atoms with Gasteiger partial charge in [-0.1, -0.05) is 24.3 Å². The number of rotatable bonds is 6. The van der Waals surface area contributed by atoms with Crippen LogP contribution in [0.25, 0.3) is 0 Å². The lowest BCUT2D eigenvalue weighted by Crippen LogP contribution is -2.35. The van der Waals surface area contributed by atoms with Crippen molar-refractivity contribution in [2.75, 3.05) is 26.4 Å². The number of ether oxygens (including phenoxy) is 2. The van der Waals surface area contributed by atoms with E-state index in [9.17, 15) is 0 Å². The highest BCUT2D eigenvalue weighted by Crippen LogP contribution is 2.20. The summed E-state index contributed by atoms with van der Waals surface area (Å²) in [6.07, 6.45) is 7.32. The van der Waals surface area contributed by atoms with Crippen molar-refractivity contribution >= 4 is 0 Å². The van der Waals surface area contributed by atoms with Gasteiger partial charge in [0.1, 0.15) is 0 Å². The Kier molecular flexibility index (Phi) is 5.67. The fourth-order valence-electron chi connectivity index (χ4n) is 3.34. The number of aryl methyl sites for hydroxylation is 1. The molecule has 1 aliphatic carbocycles. The van der Waals surface area contributed by atoms with Crippen LogP contribution in [0.15, 0.2) is 24.3 Å². The van der Waals surface area contributed by atoms with Crippen molar-refractivity contribution in [2.24, 2.45) is 0 Å². The van der Waals surface area contributed by atoms with E-state index in [1.165, 1.54) is 24.8 Å². The van der Waals surface area contributed by atoms with Gasteiger partial charge in [-0.2, -0.15) is 0 Å². The van der Waals surface area contributed by atoms with E-state index in [4.69, 9.17) is 9.47 Å². The standard InChI is InChI=1S/C18H27NO2/c1-2-5-16-14-17(7-6-15(16)4-1)19-10-3-11-21-18-8-12-20-13-9-18/h1-2,4-5,17-19H,3,6-14H2/t17-/m0/s1. The third-order valence-corrected chi connectivity index (χ3v) is 4.62. The van der Waals surface area contributed by atoms with E-state index in [0.717, 1.165) is 45.6 Å². The minimum absolute atomic E-state index is 0.431. The second-order valence-corrected chi connectivity index (χ2v) is 6.20. The van der Waals surface area contributed by atoms with Crippen LogP contribution >= 0.6 is 0 Å². The van der Waals surface area contributed by atoms with Crippen LogP contribution in [0, 0.1) is 0 Å². The van der Waals surface area contributed by atoms with E-state index < -0.39 is 0 Å². The molecule has 3 nitrogen and oxygen atoms in total. The summed E-state index contributed by atoms with van der Waals surface area (Å²) in [6.45, 7) is 3.67. The molecule has 3 heteroatoms. The number of hydrogen-bond donors (Lipinski definition) is 1. The van der Waals surface area contributed by atoms with Gasteiger partial charge in [0.05, 0.1) is 6.10 Å². The molecule has 1 atom stereocenters. The van der Waals surface area contributed by atoms with Gasteiger partial charge in [-0.3, -0.25) is 0 Å². The van der Waals surface area contributed by atoms with E-state index >= 15 is 0 Å². The van der Waals surface area contributed by atoms with Crippen LogP contribution in [0.5, 0.6) is 0 Å². The number of fused-ring (bicyclic) bond motifs is 1. The fraction of sp³-hybridized carbons (Fsp3) is 0.667. The summed E-state index contributed by atoms with van der Waals surface area (Å²) < 4.78 is 11.3. The highest BCUT2D eigenvalue weighted by Gasteiger charge is 2.17. The van der Waals surface area contributed by atoms with Crippen molar-refractivity contribution in [3.05, 3.63) is 35.4 Å². The van der Waals surface area contributed by atoms with Gasteiger partial charge in [0.15, 0.2) is 0 Å². The maximum atomic E-state index is 5.91. The normalized spacial score (nSPS) is 23.0. The van der Waals surface area contributed by atoms with E-state index in [-0.39, 0.29) is 0 Å². The summed E-state index contributed by atoms with van der Waals surface area (Å²) in [4.78, 5) is 0. The van der Waals surface area contributed by atoms with Crippen LogP contribution in [-0.2, 0) is 22.3 Å². The summed E-state index contributed by atoms with van der Waals surface area (Å²) in [5.41, 5.74) is 3.07. The SMILES string of the molecule is c1ccc2c(c1)CC[C@H](NCCCOC1CCOCC1)C2. The third kappa shape index (κ3) is 4.53. The van der Waals surface area contributed by atoms with E-state index in [1.807, 2.05) is 0 Å². The van der Waals surface area contributed by atoms with Gasteiger partial charge in [0.25, 0.3) is 0 Å². The van der Waals surface area contributed by atoms with Crippen LogP contribution in [0.3, 0.4) is 0 Å². The molecule has 1 aromatic carbocycles. The van der Waals surface area contributed by atoms with Crippen LogP contribution in [0.2, 0.25) is 0 Å². The van der Waals surface area contributed by atoms with Crippen molar-refractivity contribution in [3.63, 3.8) is 0 Å². The van der Waals surface area contributed by atoms with Crippen LogP contribution in [0.1, 0.15) is 36.8 Å². The highest BCUT2D eigenvalue weighted by molar-refractivity contribution is 5.30. The number of nitrogens with one attached hydrogen (secondary N) is 1. The monoisotopic (exact) mass is 289 g/mol. The molecule has 2 aliphatic rings. The molecule has 1 fully saturated rings. The predicted molar refractivity (Wildman–Crippen MR) is 84.7 cm³/mol. The summed E-state index contributed by atoms with van der Waals surface area (Å²) >= 11 is 0. The van der Waals surface area contributed by atoms with Gasteiger partial charge in [0, 0.05) is 25.9 Å². The average Bonchev–Trinajstić information content (AvgIpc) is 2.55. The Labute approximate surface area is 128 Å². The molecule has 1 N–H and O–H groups in total. The Morgan fingerprint density at radius 1 is 1.10 bits per heavy atom. The zero-order valence-corrected chi connectivity index (χ0v) is 12.9. The third-order valence-electron chi connectivity index (χ3n) is 4.62. The smallest absolute Gasteiger partial charge is 0.0619 e. The van der Waals surface area contributed by atoms with Crippen LogP contribution in [0.4, 0.5) is 0 Å². The highest BCUT2D eigenvalue weighted by atomic mass is 16.5. The molecule has 0 bridgehead atoms. The first-order chi connectivity index (χ1) is 10.4. The van der Waals surface area contributed by atoms with Gasteiger partial charge in [-0.15, -0.1) is 0 Å². The minimum atomic E-state index is 0.431. The number of hydrogen-bond acceptors (Lipinski definition) is 3. The molecule has 0 aromatic heterocycles. The Bertz CT molecular complexity index is 429. The van der Waals surface area contributed by atoms with Gasteiger partial charge >= 0.3 is 0 Å². The van der Waals surface area contributed by atoms with Crippen molar-refractivity contribution in [2.45, 2.75) is 50.7 Å². The zero-order chi connectivity index (χ0) is 14.3. The van der Waals surface area contributed by atoms with E-state index in [0.29, 0.717) is 12.1 Å². The topological polar surface area (TPSA) is 30.5 Å². The largest absolute Gasteiger partial charge is 0.381 e. The first kappa shape index (κ1) is 15.0. The van der Waals surface area contributed by atoms with Crippen molar-refractivity contribution in [3.8, 4) is 0 Å². The molecule has 0 radical (unpaired) electrons. The molecule has 1 aliphatic heterocycles. The van der Waals surface area contributed by atoms with Gasteiger partial charge < -0.3 is 14.8 Å². The van der Waals surface area contributed by atoms with Gasteiger partial charge in [0.2, 0.25) is 0 Å². The Balaban J connectivity index is 1.30. The molecule has 0 unspecified atom stereocenters. The zero-order valence-electron chi connectivity index (χ0n) is 12.9. The molecule has 21 heavy (non-hydrogen) atoms. The molecule has 1 aromatic rings. The molecule has 116 valence electrons. The fourth-order valence-corrected chi connectivity index (χ4v) is 3.34. The van der Waals surface area contributed by atoms with Gasteiger partial charge in [-0.25, -0.2) is 0 Å². The van der Waals surface area contributed by atoms with E-state index in [1.54, 1.807) is 5.56 Å². The lowest BCUT2D eigenvalue weighted by molar-refractivity contribution is -0.0322. The summed E-state index contributed by atoms with van der Waals surface area (Å²) in [5, 5.41) is 3.70. The van der Waals surface area contributed by atoms with Crippen molar-refractivity contribution in [1.29, 1.82) is 0 Å². The van der Waals surface area contributed by atoms with Crippen molar-refractivity contribution in [1.82, 2.24) is 5.32 Å². The molecular weight excluding hydrogens is 262 g/mol.